The molecule has 16 nitrogen and oxygen atoms in total. The largest absolute Gasteiger partial charge is 0.463 e. The van der Waals surface area contributed by atoms with Crippen molar-refractivity contribution in [2.24, 2.45) is 0 Å². The smallest absolute Gasteiger partial charge is 0.303 e. The van der Waals surface area contributed by atoms with Gasteiger partial charge in [0.05, 0.1) is 18.3 Å². The lowest BCUT2D eigenvalue weighted by Gasteiger charge is -2.44. The molecule has 2 aromatic heterocycles. The van der Waals surface area contributed by atoms with Gasteiger partial charge in [0.25, 0.3) is 5.91 Å². The summed E-state index contributed by atoms with van der Waals surface area (Å²) in [6.07, 6.45) is -1.02. The molecule has 1 amide bonds. The van der Waals surface area contributed by atoms with Crippen LogP contribution in [0.25, 0.3) is 0 Å². The van der Waals surface area contributed by atoms with Crippen LogP contribution in [-0.4, -0.2) is 85.8 Å². The Labute approximate surface area is 215 Å². The van der Waals surface area contributed by atoms with Crippen LogP contribution in [0.3, 0.4) is 0 Å². The molecule has 0 bridgehead atoms. The zero-order valence-corrected chi connectivity index (χ0v) is 20.9. The van der Waals surface area contributed by atoms with Gasteiger partial charge in [-0.15, -0.1) is 5.10 Å². The van der Waals surface area contributed by atoms with Gasteiger partial charge < -0.3 is 29.0 Å². The molecule has 0 unspecified atom stereocenters. The van der Waals surface area contributed by atoms with E-state index in [0.29, 0.717) is 5.69 Å². The van der Waals surface area contributed by atoms with Crippen molar-refractivity contribution in [1.82, 2.24) is 30.3 Å². The predicted molar refractivity (Wildman–Crippen MR) is 120 cm³/mol. The van der Waals surface area contributed by atoms with Gasteiger partial charge in [-0.1, -0.05) is 5.21 Å². The van der Waals surface area contributed by atoms with Crippen molar-refractivity contribution < 1.29 is 47.7 Å². The second-order valence-electron chi connectivity index (χ2n) is 8.09. The fourth-order valence-electron chi connectivity index (χ4n) is 3.63. The second-order valence-corrected chi connectivity index (χ2v) is 8.09. The number of esters is 4. The highest BCUT2D eigenvalue weighted by atomic mass is 16.7. The zero-order chi connectivity index (χ0) is 27.8. The third kappa shape index (κ3) is 7.52. The Bertz CT molecular complexity index is 1170. The fraction of sp³-hybridized carbons (Fsp3) is 0.500. The molecule has 1 fully saturated rings. The Kier molecular flexibility index (Phi) is 9.37. The first-order valence-electron chi connectivity index (χ1n) is 11.3. The van der Waals surface area contributed by atoms with Gasteiger partial charge in [-0.2, -0.15) is 0 Å². The van der Waals surface area contributed by atoms with Crippen molar-refractivity contribution in [3.63, 3.8) is 0 Å². The fourth-order valence-corrected chi connectivity index (χ4v) is 3.63. The number of nitrogens with zero attached hydrogens (tertiary/aromatic N) is 5. The molecule has 2 aromatic rings. The van der Waals surface area contributed by atoms with E-state index in [1.165, 1.54) is 36.5 Å². The van der Waals surface area contributed by atoms with Gasteiger partial charge >= 0.3 is 23.9 Å². The Hall–Kier alpha value is -4.47. The summed E-state index contributed by atoms with van der Waals surface area (Å²) < 4.78 is 28.4. The van der Waals surface area contributed by atoms with Crippen molar-refractivity contribution in [3.8, 4) is 0 Å². The van der Waals surface area contributed by atoms with Crippen molar-refractivity contribution in [2.75, 3.05) is 6.61 Å². The van der Waals surface area contributed by atoms with Crippen LogP contribution >= 0.6 is 0 Å². The number of rotatable bonds is 9. The molecular weight excluding hydrogens is 508 g/mol. The average molecular weight is 534 g/mol. The normalized spacial score (nSPS) is 22.6. The molecule has 1 aliphatic heterocycles. The van der Waals surface area contributed by atoms with Crippen LogP contribution in [0.5, 0.6) is 0 Å². The molecule has 38 heavy (non-hydrogen) atoms. The van der Waals surface area contributed by atoms with Gasteiger partial charge in [0.2, 0.25) is 0 Å². The van der Waals surface area contributed by atoms with Crippen LogP contribution in [0.2, 0.25) is 0 Å². The van der Waals surface area contributed by atoms with Crippen LogP contribution in [-0.2, 0) is 49.4 Å². The number of aromatic nitrogens is 5. The van der Waals surface area contributed by atoms with E-state index in [1.54, 1.807) is 0 Å². The number of amides is 1. The highest BCUT2D eigenvalue weighted by Crippen LogP contribution is 2.34. The van der Waals surface area contributed by atoms with E-state index in [4.69, 9.17) is 23.7 Å². The average Bonchev–Trinajstić information content (AvgIpc) is 3.32. The molecule has 1 N–H and O–H groups in total. The Morgan fingerprint density at radius 2 is 1.50 bits per heavy atom. The zero-order valence-electron chi connectivity index (χ0n) is 20.9. The summed E-state index contributed by atoms with van der Waals surface area (Å²) in [6, 6.07) is 0. The molecule has 3 rings (SSSR count). The number of hydrogen-bond acceptors (Lipinski definition) is 14. The molecule has 0 radical (unpaired) electrons. The SMILES string of the molecule is CC(=O)OC[C@H]1O[C@@H](n2cc(CNC(=O)c3cncnc3)nn2)[C@H](OC(C)=O)[C@@H](OC(C)=O)[C@@H]1OC(C)=O. The molecule has 3 heterocycles. The summed E-state index contributed by atoms with van der Waals surface area (Å²) in [4.78, 5) is 67.1. The van der Waals surface area contributed by atoms with E-state index in [2.05, 4.69) is 25.6 Å². The molecule has 0 saturated carbocycles. The van der Waals surface area contributed by atoms with E-state index in [-0.39, 0.29) is 18.7 Å². The Morgan fingerprint density at radius 3 is 2.11 bits per heavy atom. The minimum Gasteiger partial charge on any atom is -0.463 e. The quantitative estimate of drug-likeness (QED) is 0.311. The first-order chi connectivity index (χ1) is 18.0. The summed E-state index contributed by atoms with van der Waals surface area (Å²) in [7, 11) is 0. The monoisotopic (exact) mass is 534 g/mol. The molecular formula is C22H26N6O10. The topological polar surface area (TPSA) is 200 Å². The Morgan fingerprint density at radius 1 is 0.895 bits per heavy atom. The summed E-state index contributed by atoms with van der Waals surface area (Å²) in [5, 5.41) is 10.6. The molecule has 0 spiro atoms. The Balaban J connectivity index is 1.89. The van der Waals surface area contributed by atoms with Crippen LogP contribution in [0.1, 0.15) is 50.0 Å². The van der Waals surface area contributed by atoms with Gasteiger partial charge in [0.1, 0.15) is 24.7 Å². The van der Waals surface area contributed by atoms with Crippen LogP contribution in [0.15, 0.2) is 24.9 Å². The van der Waals surface area contributed by atoms with Gasteiger partial charge in [0.15, 0.2) is 24.5 Å². The summed E-state index contributed by atoms with van der Waals surface area (Å²) >= 11 is 0. The summed E-state index contributed by atoms with van der Waals surface area (Å²) in [6.45, 7) is 4.12. The van der Waals surface area contributed by atoms with E-state index in [9.17, 15) is 24.0 Å². The standard InChI is InChI=1S/C22H26N6O10/c1-11(29)34-9-17-18(35-12(2)30)19(36-13(3)31)20(37-14(4)32)22(38-17)28-8-16(26-27-28)7-25-21(33)15-5-23-10-24-6-15/h5-6,8,10,17-20,22H,7,9H2,1-4H3,(H,25,33)/t17-,18-,19+,20-,22-/m1/s1. The number of nitrogens with one attached hydrogen (secondary N) is 1. The van der Waals surface area contributed by atoms with E-state index >= 15 is 0 Å². The lowest BCUT2D eigenvalue weighted by molar-refractivity contribution is -0.270. The van der Waals surface area contributed by atoms with Crippen LogP contribution < -0.4 is 5.32 Å². The third-order valence-electron chi connectivity index (χ3n) is 5.04. The highest BCUT2D eigenvalue weighted by Gasteiger charge is 2.53. The second kappa shape index (κ2) is 12.7. The van der Waals surface area contributed by atoms with Crippen molar-refractivity contribution in [3.05, 3.63) is 36.2 Å². The first kappa shape index (κ1) is 28.1. The lowest BCUT2D eigenvalue weighted by atomic mass is 9.97. The van der Waals surface area contributed by atoms with E-state index in [0.717, 1.165) is 20.8 Å². The summed E-state index contributed by atoms with van der Waals surface area (Å²) in [5.41, 5.74) is 0.530. The maximum atomic E-state index is 12.3. The maximum absolute atomic E-state index is 12.3. The van der Waals surface area contributed by atoms with E-state index < -0.39 is 60.4 Å². The number of carbonyl (C=O) groups is 5. The molecule has 5 atom stereocenters. The molecule has 1 aliphatic rings. The van der Waals surface area contributed by atoms with Gasteiger partial charge in [-0.25, -0.2) is 14.6 Å². The molecule has 0 aliphatic carbocycles. The van der Waals surface area contributed by atoms with Crippen molar-refractivity contribution in [2.45, 2.75) is 64.9 Å². The third-order valence-corrected chi connectivity index (χ3v) is 5.04. The number of ether oxygens (including phenoxy) is 5. The molecule has 204 valence electrons. The first-order valence-corrected chi connectivity index (χ1v) is 11.3. The van der Waals surface area contributed by atoms with Crippen molar-refractivity contribution >= 4 is 29.8 Å². The van der Waals surface area contributed by atoms with Crippen molar-refractivity contribution in [1.29, 1.82) is 0 Å². The van der Waals surface area contributed by atoms with Crippen LogP contribution in [0, 0.1) is 0 Å². The van der Waals surface area contributed by atoms with Gasteiger partial charge in [-0.3, -0.25) is 24.0 Å². The summed E-state index contributed by atoms with van der Waals surface area (Å²) in [5.74, 6) is -3.35. The predicted octanol–water partition coefficient (Wildman–Crippen LogP) is -0.746. The maximum Gasteiger partial charge on any atom is 0.303 e. The number of hydrogen-bond donors (Lipinski definition) is 1. The number of carbonyl (C=O) groups excluding carboxylic acids is 5. The van der Waals surface area contributed by atoms with E-state index in [1.807, 2.05) is 0 Å². The van der Waals surface area contributed by atoms with Crippen LogP contribution in [0.4, 0.5) is 0 Å². The molecule has 0 aromatic carbocycles. The van der Waals surface area contributed by atoms with Gasteiger partial charge in [0, 0.05) is 40.1 Å². The van der Waals surface area contributed by atoms with Gasteiger partial charge in [-0.05, 0) is 0 Å². The minimum atomic E-state index is -1.36. The highest BCUT2D eigenvalue weighted by molar-refractivity contribution is 5.93. The molecule has 1 saturated heterocycles. The lowest BCUT2D eigenvalue weighted by Crippen LogP contribution is -2.60. The molecule has 16 heteroatoms. The minimum absolute atomic E-state index is 0.0427.